The third-order valence-electron chi connectivity index (χ3n) is 2.45. The molecule has 0 heterocycles. The topological polar surface area (TPSA) is 29.1 Å². The van der Waals surface area contributed by atoms with Crippen molar-refractivity contribution >= 4 is 10.8 Å². The summed E-state index contributed by atoms with van der Waals surface area (Å²) >= 11 is 0. The number of unbranched alkanes of at least 4 members (excludes halogenated alkanes) is 1. The third kappa shape index (κ3) is 7.97. The molecule has 0 amide bonds. The minimum atomic E-state index is -0.722. The maximum absolute atomic E-state index is 11.7. The molecule has 0 aromatic heterocycles. The van der Waals surface area contributed by atoms with E-state index in [1.807, 2.05) is 20.8 Å². The van der Waals surface area contributed by atoms with E-state index in [-0.39, 0.29) is 4.75 Å². The molecular weight excluding hydrogens is 206 g/mol. The molecular formula is C12H27NOS. The summed E-state index contributed by atoms with van der Waals surface area (Å²) in [7, 11) is -0.722. The first-order valence-corrected chi connectivity index (χ1v) is 7.31. The van der Waals surface area contributed by atoms with Gasteiger partial charge in [-0.15, -0.1) is 0 Å². The smallest absolute Gasteiger partial charge is 0.0375 e. The lowest BCUT2D eigenvalue weighted by Crippen LogP contribution is -2.33. The van der Waals surface area contributed by atoms with Crippen molar-refractivity contribution in [2.75, 3.05) is 12.3 Å². The first kappa shape index (κ1) is 15.1. The molecule has 1 N–H and O–H groups in total. The molecule has 0 saturated heterocycles. The second-order valence-corrected chi connectivity index (χ2v) is 7.48. The Hall–Kier alpha value is 0.110. The quantitative estimate of drug-likeness (QED) is 0.732. The summed E-state index contributed by atoms with van der Waals surface area (Å²) in [6.07, 6.45) is 3.75. The lowest BCUT2D eigenvalue weighted by molar-refractivity contribution is 0.508. The molecule has 0 aromatic carbocycles. The molecule has 0 aliphatic heterocycles. The zero-order valence-electron chi connectivity index (χ0n) is 10.9. The Morgan fingerprint density at radius 3 is 2.40 bits per heavy atom. The normalized spacial score (nSPS) is 16.3. The summed E-state index contributed by atoms with van der Waals surface area (Å²) in [4.78, 5) is 0. The summed E-state index contributed by atoms with van der Waals surface area (Å²) < 4.78 is 11.7. The molecule has 0 aliphatic rings. The van der Waals surface area contributed by atoms with Gasteiger partial charge in [0.25, 0.3) is 0 Å². The van der Waals surface area contributed by atoms with Crippen LogP contribution in [0.1, 0.15) is 53.9 Å². The summed E-state index contributed by atoms with van der Waals surface area (Å²) in [5, 5.41) is 3.43. The van der Waals surface area contributed by atoms with Crippen LogP contribution in [0.5, 0.6) is 0 Å². The molecule has 0 bridgehead atoms. The van der Waals surface area contributed by atoms with E-state index in [1.165, 1.54) is 19.3 Å². The first-order chi connectivity index (χ1) is 6.88. The van der Waals surface area contributed by atoms with Gasteiger partial charge >= 0.3 is 0 Å². The van der Waals surface area contributed by atoms with Crippen LogP contribution in [0.4, 0.5) is 0 Å². The van der Waals surface area contributed by atoms with Crippen LogP contribution in [0, 0.1) is 0 Å². The summed E-state index contributed by atoms with van der Waals surface area (Å²) in [6.45, 7) is 11.4. The van der Waals surface area contributed by atoms with E-state index in [0.717, 1.165) is 12.3 Å². The van der Waals surface area contributed by atoms with Gasteiger partial charge in [-0.1, -0.05) is 19.8 Å². The van der Waals surface area contributed by atoms with Gasteiger partial charge in [0.2, 0.25) is 0 Å². The van der Waals surface area contributed by atoms with Crippen LogP contribution in [0.3, 0.4) is 0 Å². The molecule has 0 fully saturated rings. The molecule has 15 heavy (non-hydrogen) atoms. The Bertz CT molecular complexity index is 187. The van der Waals surface area contributed by atoms with E-state index in [2.05, 4.69) is 19.2 Å². The van der Waals surface area contributed by atoms with Crippen LogP contribution in [-0.4, -0.2) is 27.3 Å². The van der Waals surface area contributed by atoms with E-state index in [0.29, 0.717) is 6.04 Å². The van der Waals surface area contributed by atoms with E-state index in [4.69, 9.17) is 0 Å². The average Bonchev–Trinajstić information content (AvgIpc) is 2.13. The van der Waals surface area contributed by atoms with Crippen molar-refractivity contribution in [3.63, 3.8) is 0 Å². The Labute approximate surface area is 97.7 Å². The fourth-order valence-electron chi connectivity index (χ4n) is 1.32. The summed E-state index contributed by atoms with van der Waals surface area (Å²) in [6, 6.07) is 0.557. The van der Waals surface area contributed by atoms with Gasteiger partial charge < -0.3 is 5.32 Å². The minimum Gasteiger partial charge on any atom is -0.313 e. The highest BCUT2D eigenvalue weighted by Gasteiger charge is 2.18. The molecule has 0 radical (unpaired) electrons. The molecule has 2 nitrogen and oxygen atoms in total. The monoisotopic (exact) mass is 233 g/mol. The predicted molar refractivity (Wildman–Crippen MR) is 69.8 cm³/mol. The first-order valence-electron chi connectivity index (χ1n) is 5.99. The van der Waals surface area contributed by atoms with Gasteiger partial charge in [-0.05, 0) is 34.1 Å². The van der Waals surface area contributed by atoms with Crippen molar-refractivity contribution in [1.82, 2.24) is 5.32 Å². The van der Waals surface area contributed by atoms with Gasteiger partial charge in [-0.25, -0.2) is 0 Å². The molecule has 2 unspecified atom stereocenters. The van der Waals surface area contributed by atoms with E-state index in [9.17, 15) is 4.21 Å². The van der Waals surface area contributed by atoms with Crippen molar-refractivity contribution < 1.29 is 4.21 Å². The molecule has 0 spiro atoms. The van der Waals surface area contributed by atoms with Crippen LogP contribution >= 0.6 is 0 Å². The van der Waals surface area contributed by atoms with Crippen LogP contribution in [0.25, 0.3) is 0 Å². The number of hydrogen-bond donors (Lipinski definition) is 1. The van der Waals surface area contributed by atoms with Crippen LogP contribution in [0.2, 0.25) is 0 Å². The highest BCUT2D eigenvalue weighted by atomic mass is 32.2. The van der Waals surface area contributed by atoms with Crippen molar-refractivity contribution in [3.05, 3.63) is 0 Å². The Morgan fingerprint density at radius 2 is 1.93 bits per heavy atom. The molecule has 92 valence electrons. The zero-order chi connectivity index (χ0) is 11.9. The summed E-state index contributed by atoms with van der Waals surface area (Å²) in [5.74, 6) is 0.764. The standard InChI is InChI=1S/C12H27NOS/c1-6-7-8-11(2)13-9-10-15(14)12(3,4)5/h11,13H,6-10H2,1-5H3. The van der Waals surface area contributed by atoms with Crippen molar-refractivity contribution in [2.45, 2.75) is 64.7 Å². The molecule has 0 saturated carbocycles. The van der Waals surface area contributed by atoms with E-state index < -0.39 is 10.8 Å². The van der Waals surface area contributed by atoms with Crippen LogP contribution in [-0.2, 0) is 10.8 Å². The Balaban J connectivity index is 3.57. The van der Waals surface area contributed by atoms with Gasteiger partial charge in [0, 0.05) is 33.9 Å². The summed E-state index contributed by atoms with van der Waals surface area (Å²) in [5.41, 5.74) is 0. The zero-order valence-corrected chi connectivity index (χ0v) is 11.7. The maximum Gasteiger partial charge on any atom is 0.0375 e. The van der Waals surface area contributed by atoms with Crippen molar-refractivity contribution in [2.24, 2.45) is 0 Å². The molecule has 0 rings (SSSR count). The van der Waals surface area contributed by atoms with Crippen LogP contribution in [0.15, 0.2) is 0 Å². The van der Waals surface area contributed by atoms with Gasteiger partial charge in [-0.3, -0.25) is 4.21 Å². The highest BCUT2D eigenvalue weighted by molar-refractivity contribution is 7.86. The number of nitrogens with one attached hydrogen (secondary N) is 1. The minimum absolute atomic E-state index is 0.0751. The second-order valence-electron chi connectivity index (χ2n) is 5.16. The lowest BCUT2D eigenvalue weighted by Gasteiger charge is -2.19. The predicted octanol–water partition coefficient (Wildman–Crippen LogP) is 2.70. The van der Waals surface area contributed by atoms with Gasteiger partial charge in [0.1, 0.15) is 0 Å². The molecule has 2 atom stereocenters. The highest BCUT2D eigenvalue weighted by Crippen LogP contribution is 2.10. The third-order valence-corrected chi connectivity index (χ3v) is 4.39. The van der Waals surface area contributed by atoms with Gasteiger partial charge in [0.05, 0.1) is 0 Å². The van der Waals surface area contributed by atoms with Crippen molar-refractivity contribution in [3.8, 4) is 0 Å². The SMILES string of the molecule is CCCCC(C)NCCS(=O)C(C)(C)C. The molecule has 0 aromatic rings. The molecule has 0 aliphatic carbocycles. The average molecular weight is 233 g/mol. The Kier molecular flexibility index (Phi) is 7.45. The maximum atomic E-state index is 11.7. The van der Waals surface area contributed by atoms with E-state index >= 15 is 0 Å². The van der Waals surface area contributed by atoms with Gasteiger partial charge in [-0.2, -0.15) is 0 Å². The fourth-order valence-corrected chi connectivity index (χ4v) is 2.23. The second kappa shape index (κ2) is 7.39. The largest absolute Gasteiger partial charge is 0.313 e. The Morgan fingerprint density at radius 1 is 1.33 bits per heavy atom. The fraction of sp³-hybridized carbons (Fsp3) is 1.00. The van der Waals surface area contributed by atoms with E-state index in [1.54, 1.807) is 0 Å². The van der Waals surface area contributed by atoms with Gasteiger partial charge in [0.15, 0.2) is 0 Å². The van der Waals surface area contributed by atoms with Crippen molar-refractivity contribution in [1.29, 1.82) is 0 Å². The number of hydrogen-bond acceptors (Lipinski definition) is 2. The number of rotatable bonds is 7. The van der Waals surface area contributed by atoms with Crippen LogP contribution < -0.4 is 5.32 Å². The lowest BCUT2D eigenvalue weighted by atomic mass is 10.1. The molecule has 3 heteroatoms.